The molecule has 0 aliphatic carbocycles. The Labute approximate surface area is 119 Å². The van der Waals surface area contributed by atoms with E-state index in [-0.39, 0.29) is 0 Å². The Hall–Kier alpha value is 0.826. The molecule has 0 nitrogen and oxygen atoms in total. The maximum atomic E-state index is 4.90. The van der Waals surface area contributed by atoms with Gasteiger partial charge in [-0.2, -0.15) is 0 Å². The predicted molar refractivity (Wildman–Crippen MR) is 79.0 cm³/mol. The van der Waals surface area contributed by atoms with Crippen molar-refractivity contribution in [1.29, 1.82) is 0 Å². The van der Waals surface area contributed by atoms with Crippen molar-refractivity contribution in [2.45, 2.75) is 39.5 Å². The van der Waals surface area contributed by atoms with Crippen molar-refractivity contribution in [3.05, 3.63) is 31.7 Å². The van der Waals surface area contributed by atoms with Crippen LogP contribution in [0.4, 0.5) is 0 Å². The molecule has 0 aromatic rings. The molecule has 0 bridgehead atoms. The zero-order valence-electron chi connectivity index (χ0n) is 10.6. The minimum atomic E-state index is -0.639. The lowest BCUT2D eigenvalue weighted by Crippen LogP contribution is -2.03. The van der Waals surface area contributed by atoms with Crippen molar-refractivity contribution < 1.29 is 0 Å². The maximum absolute atomic E-state index is 4.90. The molecule has 0 spiro atoms. The molecule has 0 aromatic carbocycles. The van der Waals surface area contributed by atoms with E-state index in [2.05, 4.69) is 33.9 Å². The van der Waals surface area contributed by atoms with E-state index >= 15 is 0 Å². The fourth-order valence-electron chi connectivity index (χ4n) is 1.44. The summed E-state index contributed by atoms with van der Waals surface area (Å²) in [5.74, 6) is 1.23. The van der Waals surface area contributed by atoms with Crippen LogP contribution in [0.2, 0.25) is 0 Å². The lowest BCUT2D eigenvalue weighted by molar-refractivity contribution is 0.466. The monoisotopic (exact) mass is 273 g/mol. The summed E-state index contributed by atoms with van der Waals surface area (Å²) >= 11 is -0.639. The SMILES string of the molecule is [CH2]C(C)CCC(CCC=C)C(=C)C.[Cl][Mg][Cl]. The molecule has 0 amide bonds. The van der Waals surface area contributed by atoms with E-state index in [0.717, 1.165) is 6.42 Å². The van der Waals surface area contributed by atoms with Gasteiger partial charge < -0.3 is 18.1 Å². The molecule has 0 aliphatic heterocycles. The van der Waals surface area contributed by atoms with E-state index in [4.69, 9.17) is 18.1 Å². The highest BCUT2D eigenvalue weighted by atomic mass is 35.6. The molecule has 0 saturated heterocycles. The largest absolute Gasteiger partial charge is 0.618 e. The van der Waals surface area contributed by atoms with Crippen molar-refractivity contribution in [1.82, 2.24) is 0 Å². The number of hydrogen-bond acceptors (Lipinski definition) is 0. The molecule has 2 unspecified atom stereocenters. The van der Waals surface area contributed by atoms with Gasteiger partial charge in [-0.25, -0.2) is 0 Å². The van der Waals surface area contributed by atoms with Crippen LogP contribution in [0.15, 0.2) is 24.8 Å². The van der Waals surface area contributed by atoms with Crippen LogP contribution in [0.3, 0.4) is 0 Å². The first-order valence-electron chi connectivity index (χ1n) is 5.70. The third kappa shape index (κ3) is 14.8. The lowest BCUT2D eigenvalue weighted by Gasteiger charge is -2.17. The first-order chi connectivity index (χ1) is 7.49. The summed E-state index contributed by atoms with van der Waals surface area (Å²) in [7, 11) is 9.81. The molecular formula is C13H23Cl2Mg. The van der Waals surface area contributed by atoms with Gasteiger partial charge in [0.05, 0.1) is 0 Å². The lowest BCUT2D eigenvalue weighted by atomic mass is 9.89. The molecule has 0 saturated carbocycles. The maximum Gasteiger partial charge on any atom is 0.618 e. The fraction of sp³-hybridized carbons (Fsp3) is 0.615. The second-order valence-electron chi connectivity index (χ2n) is 4.19. The molecule has 0 heterocycles. The van der Waals surface area contributed by atoms with Gasteiger partial charge in [0.2, 0.25) is 0 Å². The second-order valence-corrected chi connectivity index (χ2v) is 6.82. The van der Waals surface area contributed by atoms with Gasteiger partial charge >= 0.3 is 18.2 Å². The third-order valence-electron chi connectivity index (χ3n) is 2.42. The van der Waals surface area contributed by atoms with Gasteiger partial charge in [0, 0.05) is 0 Å². The predicted octanol–water partition coefficient (Wildman–Crippen LogP) is 5.39. The fourth-order valence-corrected chi connectivity index (χ4v) is 1.44. The highest BCUT2D eigenvalue weighted by Crippen LogP contribution is 2.23. The number of rotatable bonds is 7. The van der Waals surface area contributed by atoms with Gasteiger partial charge in [0.15, 0.2) is 0 Å². The molecule has 0 fully saturated rings. The Morgan fingerprint density at radius 3 is 2.12 bits per heavy atom. The van der Waals surface area contributed by atoms with Crippen molar-refractivity contribution in [2.24, 2.45) is 11.8 Å². The molecule has 0 rings (SSSR count). The van der Waals surface area contributed by atoms with E-state index in [0.29, 0.717) is 11.8 Å². The van der Waals surface area contributed by atoms with E-state index in [1.54, 1.807) is 0 Å². The van der Waals surface area contributed by atoms with Gasteiger partial charge in [0.25, 0.3) is 0 Å². The molecule has 0 aromatic heterocycles. The van der Waals surface area contributed by atoms with E-state index in [1.807, 2.05) is 6.08 Å². The van der Waals surface area contributed by atoms with Crippen molar-refractivity contribution in [2.75, 3.05) is 0 Å². The van der Waals surface area contributed by atoms with Gasteiger partial charge in [-0.1, -0.05) is 38.5 Å². The van der Waals surface area contributed by atoms with Crippen LogP contribution in [-0.2, 0) is 0 Å². The third-order valence-corrected chi connectivity index (χ3v) is 2.42. The quantitative estimate of drug-likeness (QED) is 0.431. The summed E-state index contributed by atoms with van der Waals surface area (Å²) in [6.07, 6.45) is 6.72. The van der Waals surface area contributed by atoms with Gasteiger partial charge in [0.1, 0.15) is 0 Å². The normalized spacial score (nSPS) is 11.1. The van der Waals surface area contributed by atoms with Gasteiger partial charge in [-0.05, 0) is 38.0 Å². The Morgan fingerprint density at radius 1 is 1.31 bits per heavy atom. The van der Waals surface area contributed by atoms with Crippen molar-refractivity contribution >= 4 is 36.3 Å². The first kappa shape index (κ1) is 19.2. The van der Waals surface area contributed by atoms with Gasteiger partial charge in [-0.3, -0.25) is 0 Å². The summed E-state index contributed by atoms with van der Waals surface area (Å²) in [5.41, 5.74) is 1.31. The standard InChI is InChI=1S/C13H23.2ClH.Mg/c1-6-7-8-13(12(4)5)10-9-11(2)3;;;/h6,11,13H,1-2,4,7-10H2,3,5H3;2*1H;/q;;;+2/p-2. The molecule has 0 aliphatic rings. The summed E-state index contributed by atoms with van der Waals surface area (Å²) in [6, 6.07) is 0. The first-order valence-corrected chi connectivity index (χ1v) is 9.98. The molecule has 0 N–H and O–H groups in total. The van der Waals surface area contributed by atoms with Crippen LogP contribution >= 0.6 is 18.1 Å². The average molecular weight is 275 g/mol. The summed E-state index contributed by atoms with van der Waals surface area (Å²) in [5, 5.41) is 0. The smallest absolute Gasteiger partial charge is 0.309 e. The van der Waals surface area contributed by atoms with Crippen LogP contribution < -0.4 is 0 Å². The molecule has 3 heteroatoms. The molecule has 2 atom stereocenters. The minimum Gasteiger partial charge on any atom is -0.309 e. The summed E-state index contributed by atoms with van der Waals surface area (Å²) in [6.45, 7) is 16.1. The molecule has 16 heavy (non-hydrogen) atoms. The number of allylic oxidation sites excluding steroid dienone is 2. The topological polar surface area (TPSA) is 0 Å². The average Bonchev–Trinajstić information content (AvgIpc) is 2.18. The van der Waals surface area contributed by atoms with Crippen molar-refractivity contribution in [3.63, 3.8) is 0 Å². The minimum absolute atomic E-state index is 0.561. The van der Waals surface area contributed by atoms with Crippen LogP contribution in [-0.4, -0.2) is 18.2 Å². The summed E-state index contributed by atoms with van der Waals surface area (Å²) in [4.78, 5) is 0. The highest BCUT2D eigenvalue weighted by Gasteiger charge is 2.08. The Balaban J connectivity index is 0. The zero-order valence-corrected chi connectivity index (χ0v) is 13.6. The Bertz CT molecular complexity index is 179. The van der Waals surface area contributed by atoms with E-state index in [1.165, 1.54) is 24.8 Å². The Morgan fingerprint density at radius 2 is 1.81 bits per heavy atom. The zero-order chi connectivity index (χ0) is 13.0. The molecule has 91 valence electrons. The van der Waals surface area contributed by atoms with Crippen LogP contribution in [0, 0.1) is 18.8 Å². The second kappa shape index (κ2) is 13.9. The molecular weight excluding hydrogens is 251 g/mol. The molecule has 1 radical (unpaired) electrons. The van der Waals surface area contributed by atoms with Crippen molar-refractivity contribution in [3.8, 4) is 0 Å². The highest BCUT2D eigenvalue weighted by molar-refractivity contribution is 7.22. The summed E-state index contributed by atoms with van der Waals surface area (Å²) < 4.78 is 0. The number of halogens is 2. The number of hydrogen-bond donors (Lipinski definition) is 0. The Kier molecular flexibility index (Phi) is 16.6. The van der Waals surface area contributed by atoms with Gasteiger partial charge in [-0.15, -0.1) is 6.58 Å². The van der Waals surface area contributed by atoms with E-state index in [9.17, 15) is 0 Å². The van der Waals surface area contributed by atoms with Crippen LogP contribution in [0.5, 0.6) is 0 Å². The van der Waals surface area contributed by atoms with E-state index < -0.39 is 18.2 Å². The van der Waals surface area contributed by atoms with Crippen LogP contribution in [0.25, 0.3) is 0 Å². The van der Waals surface area contributed by atoms with Crippen LogP contribution in [0.1, 0.15) is 39.5 Å².